The fourth-order valence-electron chi connectivity index (χ4n) is 4.33. The van der Waals surface area contributed by atoms with E-state index in [1.165, 1.54) is 0 Å². The van der Waals surface area contributed by atoms with Gasteiger partial charge in [0.25, 0.3) is 0 Å². The van der Waals surface area contributed by atoms with E-state index in [1.807, 2.05) is 86.6 Å². The molecule has 0 saturated carbocycles. The van der Waals surface area contributed by atoms with E-state index in [1.54, 1.807) is 12.2 Å². The van der Waals surface area contributed by atoms with Crippen molar-refractivity contribution in [2.45, 2.75) is 13.8 Å². The highest BCUT2D eigenvalue weighted by Crippen LogP contribution is 2.35. The van der Waals surface area contributed by atoms with Crippen molar-refractivity contribution >= 4 is 61.2 Å². The largest absolute Gasteiger partial charge is 0.494 e. The maximum Gasteiger partial charge on any atom is 0.188 e. The number of aryl methyl sites for hydroxylation is 1. The maximum absolute atomic E-state index is 13.6. The number of ketones is 1. The molecule has 5 aromatic rings. The molecule has 5 rings (SSSR count). The van der Waals surface area contributed by atoms with Crippen molar-refractivity contribution in [3.8, 4) is 16.9 Å². The zero-order valence-electron chi connectivity index (χ0n) is 19.8. The molecule has 2 heterocycles. The van der Waals surface area contributed by atoms with Crippen LogP contribution in [0.2, 0.25) is 5.15 Å². The van der Waals surface area contributed by atoms with Gasteiger partial charge in [-0.1, -0.05) is 57.9 Å². The SMILES string of the molecule is CCOc1ccc2cc(/C=C/C(=O)c3c(C)nc4ccc(Br)cc4c3-c3ccccc3)c(Cl)nc2c1. The van der Waals surface area contributed by atoms with Crippen LogP contribution in [-0.2, 0) is 0 Å². The number of aromatic nitrogens is 2. The minimum Gasteiger partial charge on any atom is -0.494 e. The van der Waals surface area contributed by atoms with Gasteiger partial charge in [0.2, 0.25) is 0 Å². The minimum absolute atomic E-state index is 0.149. The minimum atomic E-state index is -0.149. The summed E-state index contributed by atoms with van der Waals surface area (Å²) in [6.07, 6.45) is 3.26. The average Bonchev–Trinajstić information content (AvgIpc) is 2.87. The lowest BCUT2D eigenvalue weighted by atomic mass is 9.92. The lowest BCUT2D eigenvalue weighted by molar-refractivity contribution is 0.104. The van der Waals surface area contributed by atoms with Gasteiger partial charge in [0.15, 0.2) is 5.78 Å². The van der Waals surface area contributed by atoms with E-state index in [0.29, 0.717) is 28.6 Å². The highest BCUT2D eigenvalue weighted by molar-refractivity contribution is 9.10. The maximum atomic E-state index is 13.6. The average molecular weight is 558 g/mol. The molecule has 6 heteroatoms. The van der Waals surface area contributed by atoms with Crippen LogP contribution in [0.1, 0.15) is 28.5 Å². The molecule has 4 nitrogen and oxygen atoms in total. The lowest BCUT2D eigenvalue weighted by Crippen LogP contribution is -2.05. The summed E-state index contributed by atoms with van der Waals surface area (Å²) in [5, 5.41) is 2.14. The predicted molar refractivity (Wildman–Crippen MR) is 151 cm³/mol. The molecule has 0 aliphatic carbocycles. The highest BCUT2D eigenvalue weighted by Gasteiger charge is 2.19. The summed E-state index contributed by atoms with van der Waals surface area (Å²) >= 11 is 10.0. The van der Waals surface area contributed by atoms with Crippen molar-refractivity contribution in [2.24, 2.45) is 0 Å². The third-order valence-electron chi connectivity index (χ3n) is 5.93. The molecule has 0 aliphatic rings. The Hall–Kier alpha value is -3.54. The topological polar surface area (TPSA) is 52.1 Å². The van der Waals surface area contributed by atoms with Crippen molar-refractivity contribution in [2.75, 3.05) is 6.61 Å². The summed E-state index contributed by atoms with van der Waals surface area (Å²) in [6, 6.07) is 23.5. The van der Waals surface area contributed by atoms with E-state index in [4.69, 9.17) is 21.3 Å². The number of ether oxygens (including phenoxy) is 1. The molecule has 0 aliphatic heterocycles. The molecule has 0 spiro atoms. The van der Waals surface area contributed by atoms with Crippen molar-refractivity contribution in [3.63, 3.8) is 0 Å². The number of pyridine rings is 2. The second kappa shape index (κ2) is 10.2. The van der Waals surface area contributed by atoms with Gasteiger partial charge in [-0.2, -0.15) is 0 Å². The zero-order valence-corrected chi connectivity index (χ0v) is 22.1. The van der Waals surface area contributed by atoms with Crippen LogP contribution in [0.3, 0.4) is 0 Å². The normalized spacial score (nSPS) is 11.4. The summed E-state index contributed by atoms with van der Waals surface area (Å²) in [5.74, 6) is 0.593. The fourth-order valence-corrected chi connectivity index (χ4v) is 4.90. The van der Waals surface area contributed by atoms with Gasteiger partial charge < -0.3 is 4.74 Å². The van der Waals surface area contributed by atoms with Crippen molar-refractivity contribution in [3.05, 3.63) is 105 Å². The monoisotopic (exact) mass is 556 g/mol. The Bertz CT molecular complexity index is 1650. The Morgan fingerprint density at radius 2 is 1.81 bits per heavy atom. The third kappa shape index (κ3) is 4.77. The van der Waals surface area contributed by atoms with E-state index in [-0.39, 0.29) is 5.78 Å². The zero-order chi connectivity index (χ0) is 25.2. The predicted octanol–water partition coefficient (Wildman–Crippen LogP) is 8.47. The number of benzene rings is 3. The molecule has 3 aromatic carbocycles. The molecule has 0 amide bonds. The van der Waals surface area contributed by atoms with Crippen molar-refractivity contribution in [1.29, 1.82) is 0 Å². The van der Waals surface area contributed by atoms with Gasteiger partial charge in [0.1, 0.15) is 10.9 Å². The summed E-state index contributed by atoms with van der Waals surface area (Å²) in [7, 11) is 0. The van der Waals surface area contributed by atoms with Crippen molar-refractivity contribution in [1.82, 2.24) is 9.97 Å². The van der Waals surface area contributed by atoms with E-state index < -0.39 is 0 Å². The Morgan fingerprint density at radius 3 is 2.58 bits per heavy atom. The quantitative estimate of drug-likeness (QED) is 0.119. The molecular formula is C30H22BrClN2O2. The van der Waals surface area contributed by atoms with Gasteiger partial charge in [0, 0.05) is 38.1 Å². The number of carbonyl (C=O) groups excluding carboxylic acids is 1. The number of rotatable bonds is 6. The molecule has 0 unspecified atom stereocenters. The number of hydrogen-bond acceptors (Lipinski definition) is 4. The first-order valence-electron chi connectivity index (χ1n) is 11.6. The molecule has 0 bridgehead atoms. The second-order valence-corrected chi connectivity index (χ2v) is 9.60. The number of halogens is 2. The smallest absolute Gasteiger partial charge is 0.188 e. The number of carbonyl (C=O) groups is 1. The molecule has 0 saturated heterocycles. The van der Waals surface area contributed by atoms with Crippen LogP contribution in [0, 0.1) is 6.92 Å². The van der Waals surface area contributed by atoms with Crippen molar-refractivity contribution < 1.29 is 9.53 Å². The molecule has 36 heavy (non-hydrogen) atoms. The standard InChI is InChI=1S/C30H22BrClN2O2/c1-3-36-23-12-9-20-15-21(30(32)34-26(20)17-23)10-14-27(35)28-18(2)33-25-13-11-22(31)16-24(25)29(28)19-7-5-4-6-8-19/h4-17H,3H2,1-2H3/b14-10+. The van der Waals surface area contributed by atoms with E-state index >= 15 is 0 Å². The van der Waals surface area contributed by atoms with Crippen LogP contribution in [0.4, 0.5) is 0 Å². The van der Waals surface area contributed by atoms with Gasteiger partial charge in [-0.25, -0.2) is 4.98 Å². The molecule has 0 fully saturated rings. The Morgan fingerprint density at radius 1 is 1.00 bits per heavy atom. The number of allylic oxidation sites excluding steroid dienone is 1. The molecule has 2 aromatic heterocycles. The van der Waals surface area contributed by atoms with Crippen LogP contribution in [0.5, 0.6) is 5.75 Å². The Kier molecular flexibility index (Phi) is 6.86. The Labute approximate surface area is 222 Å². The van der Waals surface area contributed by atoms with Gasteiger partial charge in [-0.3, -0.25) is 9.78 Å². The highest BCUT2D eigenvalue weighted by atomic mass is 79.9. The summed E-state index contributed by atoms with van der Waals surface area (Å²) in [4.78, 5) is 22.9. The van der Waals surface area contributed by atoms with Gasteiger partial charge in [0.05, 0.1) is 23.2 Å². The van der Waals surface area contributed by atoms with Crippen LogP contribution >= 0.6 is 27.5 Å². The van der Waals surface area contributed by atoms with Crippen LogP contribution in [0.25, 0.3) is 39.0 Å². The number of fused-ring (bicyclic) bond motifs is 2. The van der Waals surface area contributed by atoms with Gasteiger partial charge in [-0.15, -0.1) is 0 Å². The fraction of sp³-hybridized carbons (Fsp3) is 0.100. The molecule has 0 N–H and O–H groups in total. The number of nitrogens with zero attached hydrogens (tertiary/aromatic N) is 2. The molecule has 0 atom stereocenters. The first-order valence-corrected chi connectivity index (χ1v) is 12.7. The lowest BCUT2D eigenvalue weighted by Gasteiger charge is -2.14. The van der Waals surface area contributed by atoms with Crippen LogP contribution in [-0.4, -0.2) is 22.4 Å². The second-order valence-electron chi connectivity index (χ2n) is 8.33. The summed E-state index contributed by atoms with van der Waals surface area (Å²) in [5.41, 5.74) is 5.29. The number of hydrogen-bond donors (Lipinski definition) is 0. The van der Waals surface area contributed by atoms with E-state index in [2.05, 4.69) is 20.9 Å². The third-order valence-corrected chi connectivity index (χ3v) is 6.73. The first kappa shape index (κ1) is 24.2. The van der Waals surface area contributed by atoms with Gasteiger partial charge >= 0.3 is 0 Å². The Balaban J connectivity index is 1.60. The first-order chi connectivity index (χ1) is 17.4. The summed E-state index contributed by atoms with van der Waals surface area (Å²) < 4.78 is 6.48. The summed E-state index contributed by atoms with van der Waals surface area (Å²) in [6.45, 7) is 4.38. The molecule has 178 valence electrons. The van der Waals surface area contributed by atoms with Crippen LogP contribution < -0.4 is 4.74 Å². The van der Waals surface area contributed by atoms with E-state index in [9.17, 15) is 4.79 Å². The van der Waals surface area contributed by atoms with Gasteiger partial charge in [-0.05, 0) is 68.0 Å². The van der Waals surface area contributed by atoms with E-state index in [0.717, 1.165) is 43.2 Å². The molecular weight excluding hydrogens is 536 g/mol. The molecule has 0 radical (unpaired) electrons. The van der Waals surface area contributed by atoms with Crippen LogP contribution in [0.15, 0.2) is 83.3 Å².